The van der Waals surface area contributed by atoms with Crippen LogP contribution in [0.3, 0.4) is 0 Å². The number of rotatable bonds is 3. The molecule has 2 amide bonds. The Morgan fingerprint density at radius 2 is 2.14 bits per heavy atom. The molecule has 2 fully saturated rings. The summed E-state index contributed by atoms with van der Waals surface area (Å²) in [5, 5.41) is 2.91. The van der Waals surface area contributed by atoms with E-state index < -0.39 is 5.41 Å². The lowest BCUT2D eigenvalue weighted by Gasteiger charge is -2.55. The number of likely N-dealkylation sites (tertiary alicyclic amines) is 1. The summed E-state index contributed by atoms with van der Waals surface area (Å²) in [7, 11) is 0. The highest BCUT2D eigenvalue weighted by molar-refractivity contribution is 6.07. The molecule has 21 heavy (non-hydrogen) atoms. The van der Waals surface area contributed by atoms with Gasteiger partial charge in [0.15, 0.2) is 0 Å². The Balaban J connectivity index is 1.83. The van der Waals surface area contributed by atoms with Gasteiger partial charge in [-0.3, -0.25) is 14.6 Å². The first-order chi connectivity index (χ1) is 10.1. The van der Waals surface area contributed by atoms with Crippen LogP contribution in [0.1, 0.15) is 39.5 Å². The molecule has 5 nitrogen and oxygen atoms in total. The van der Waals surface area contributed by atoms with Gasteiger partial charge in [-0.25, -0.2) is 0 Å². The minimum atomic E-state index is -0.448. The smallest absolute Gasteiger partial charge is 0.248 e. The van der Waals surface area contributed by atoms with Crippen LogP contribution in [0.2, 0.25) is 0 Å². The van der Waals surface area contributed by atoms with E-state index in [1.54, 1.807) is 23.4 Å². The predicted molar refractivity (Wildman–Crippen MR) is 79.5 cm³/mol. The van der Waals surface area contributed by atoms with Crippen LogP contribution in [0.25, 0.3) is 0 Å². The lowest BCUT2D eigenvalue weighted by atomic mass is 9.68. The molecule has 0 bridgehead atoms. The van der Waals surface area contributed by atoms with Gasteiger partial charge >= 0.3 is 0 Å². The Hall–Kier alpha value is -1.91. The quantitative estimate of drug-likeness (QED) is 0.867. The number of hydrogen-bond acceptors (Lipinski definition) is 3. The summed E-state index contributed by atoms with van der Waals surface area (Å²) >= 11 is 0. The van der Waals surface area contributed by atoms with Crippen LogP contribution in [-0.4, -0.2) is 33.8 Å². The van der Waals surface area contributed by atoms with Crippen molar-refractivity contribution in [2.75, 3.05) is 5.32 Å². The average molecular weight is 287 g/mol. The number of anilines is 1. The molecule has 1 saturated heterocycles. The highest BCUT2D eigenvalue weighted by Gasteiger charge is 2.64. The summed E-state index contributed by atoms with van der Waals surface area (Å²) in [5.41, 5.74) is 0.231. The van der Waals surface area contributed by atoms with Crippen LogP contribution in [0.15, 0.2) is 24.5 Å². The van der Waals surface area contributed by atoms with E-state index in [9.17, 15) is 9.59 Å². The molecule has 0 aromatic carbocycles. The van der Waals surface area contributed by atoms with Gasteiger partial charge < -0.3 is 10.2 Å². The first-order valence-electron chi connectivity index (χ1n) is 7.60. The van der Waals surface area contributed by atoms with Crippen LogP contribution >= 0.6 is 0 Å². The van der Waals surface area contributed by atoms with Crippen LogP contribution < -0.4 is 5.32 Å². The van der Waals surface area contributed by atoms with Gasteiger partial charge in [-0.1, -0.05) is 12.8 Å². The van der Waals surface area contributed by atoms with Crippen LogP contribution in [0.5, 0.6) is 0 Å². The summed E-state index contributed by atoms with van der Waals surface area (Å²) in [6.07, 6.45) is 7.03. The van der Waals surface area contributed by atoms with Crippen LogP contribution in [0.4, 0.5) is 5.69 Å². The van der Waals surface area contributed by atoms with E-state index in [-0.39, 0.29) is 23.9 Å². The first-order valence-corrected chi connectivity index (χ1v) is 7.60. The van der Waals surface area contributed by atoms with Gasteiger partial charge in [0.25, 0.3) is 0 Å². The molecule has 2 heterocycles. The van der Waals surface area contributed by atoms with Crippen molar-refractivity contribution in [2.24, 2.45) is 5.41 Å². The van der Waals surface area contributed by atoms with Crippen LogP contribution in [-0.2, 0) is 9.59 Å². The zero-order valence-electron chi connectivity index (χ0n) is 12.5. The molecule has 1 unspecified atom stereocenters. The highest BCUT2D eigenvalue weighted by atomic mass is 16.2. The van der Waals surface area contributed by atoms with Crippen molar-refractivity contribution in [2.45, 2.75) is 51.6 Å². The Kier molecular flexibility index (Phi) is 3.43. The summed E-state index contributed by atoms with van der Waals surface area (Å²) < 4.78 is 0. The fourth-order valence-corrected chi connectivity index (χ4v) is 3.74. The van der Waals surface area contributed by atoms with E-state index in [4.69, 9.17) is 0 Å². The van der Waals surface area contributed by atoms with Gasteiger partial charge in [0.2, 0.25) is 11.8 Å². The maximum atomic E-state index is 12.7. The Bertz CT molecular complexity index is 550. The van der Waals surface area contributed by atoms with Crippen molar-refractivity contribution in [3.05, 3.63) is 24.5 Å². The van der Waals surface area contributed by atoms with Gasteiger partial charge in [0.05, 0.1) is 17.3 Å². The monoisotopic (exact) mass is 287 g/mol. The number of carbonyl (C=O) groups is 2. The highest BCUT2D eigenvalue weighted by Crippen LogP contribution is 2.52. The second-order valence-electron chi connectivity index (χ2n) is 6.30. The summed E-state index contributed by atoms with van der Waals surface area (Å²) in [5.74, 6) is 0.0690. The molecule has 1 saturated carbocycles. The third-order valence-electron chi connectivity index (χ3n) is 4.69. The number of amides is 2. The largest absolute Gasteiger partial charge is 0.327 e. The van der Waals surface area contributed by atoms with E-state index in [0.717, 1.165) is 25.7 Å². The van der Waals surface area contributed by atoms with E-state index in [1.807, 2.05) is 19.9 Å². The maximum absolute atomic E-state index is 12.7. The minimum Gasteiger partial charge on any atom is -0.327 e. The molecular formula is C16H21N3O2. The lowest BCUT2D eigenvalue weighted by Crippen LogP contribution is -2.73. The number of β-lactam (4-membered cyclic amide) rings is 1. The second-order valence-corrected chi connectivity index (χ2v) is 6.30. The van der Waals surface area contributed by atoms with Gasteiger partial charge in [-0.05, 0) is 38.8 Å². The zero-order valence-corrected chi connectivity index (χ0v) is 12.5. The number of pyridine rings is 1. The summed E-state index contributed by atoms with van der Waals surface area (Å²) in [6.45, 7) is 3.92. The Morgan fingerprint density at radius 1 is 1.43 bits per heavy atom. The molecule has 112 valence electrons. The van der Waals surface area contributed by atoms with Gasteiger partial charge in [0.1, 0.15) is 6.04 Å². The normalized spacial score (nSPS) is 23.5. The van der Waals surface area contributed by atoms with Crippen LogP contribution in [0, 0.1) is 5.41 Å². The number of nitrogens with zero attached hydrogens (tertiary/aromatic N) is 2. The Morgan fingerprint density at radius 3 is 2.71 bits per heavy atom. The van der Waals surface area contributed by atoms with Crippen molar-refractivity contribution in [1.82, 2.24) is 9.88 Å². The third kappa shape index (κ3) is 2.11. The van der Waals surface area contributed by atoms with Crippen molar-refractivity contribution >= 4 is 17.5 Å². The summed E-state index contributed by atoms with van der Waals surface area (Å²) in [4.78, 5) is 30.9. The SMILES string of the molecule is CC(C)N1C(=O)C2(CCCC2)C1C(=O)Nc1cccnc1. The molecular weight excluding hydrogens is 266 g/mol. The standard InChI is InChI=1S/C16H21N3O2/c1-11(2)19-13(16(15(19)21)7-3-4-8-16)14(20)18-12-6-5-9-17-10-12/h5-6,9-11,13H,3-4,7-8H2,1-2H3,(H,18,20). The van der Waals surface area contributed by atoms with E-state index in [0.29, 0.717) is 5.69 Å². The number of aromatic nitrogens is 1. The van der Waals surface area contributed by atoms with Crippen molar-refractivity contribution < 1.29 is 9.59 Å². The van der Waals surface area contributed by atoms with E-state index in [2.05, 4.69) is 10.3 Å². The molecule has 0 radical (unpaired) electrons. The third-order valence-corrected chi connectivity index (χ3v) is 4.69. The van der Waals surface area contributed by atoms with E-state index in [1.165, 1.54) is 0 Å². The molecule has 1 N–H and O–H groups in total. The zero-order chi connectivity index (χ0) is 15.0. The maximum Gasteiger partial charge on any atom is 0.248 e. The predicted octanol–water partition coefficient (Wildman–Crippen LogP) is 2.20. The fourth-order valence-electron chi connectivity index (χ4n) is 3.74. The van der Waals surface area contributed by atoms with Crippen molar-refractivity contribution in [1.29, 1.82) is 0 Å². The first kappa shape index (κ1) is 14.0. The van der Waals surface area contributed by atoms with Crippen molar-refractivity contribution in [3.8, 4) is 0 Å². The molecule has 1 aromatic rings. The average Bonchev–Trinajstić information content (AvgIpc) is 2.96. The molecule has 1 aliphatic carbocycles. The van der Waals surface area contributed by atoms with Gasteiger partial charge in [-0.15, -0.1) is 0 Å². The molecule has 1 atom stereocenters. The van der Waals surface area contributed by atoms with Crippen molar-refractivity contribution in [3.63, 3.8) is 0 Å². The Labute approximate surface area is 124 Å². The lowest BCUT2D eigenvalue weighted by molar-refractivity contribution is -0.179. The van der Waals surface area contributed by atoms with E-state index >= 15 is 0 Å². The second kappa shape index (κ2) is 5.13. The number of hydrogen-bond donors (Lipinski definition) is 1. The molecule has 1 aromatic heterocycles. The molecule has 2 aliphatic rings. The fraction of sp³-hybridized carbons (Fsp3) is 0.562. The molecule has 3 rings (SSSR count). The summed E-state index contributed by atoms with van der Waals surface area (Å²) in [6, 6.07) is 3.31. The molecule has 1 aliphatic heterocycles. The molecule has 1 spiro atoms. The number of carbonyl (C=O) groups excluding carboxylic acids is 2. The molecule has 5 heteroatoms. The minimum absolute atomic E-state index is 0.0494. The van der Waals surface area contributed by atoms with Gasteiger partial charge in [0, 0.05) is 12.2 Å². The van der Waals surface area contributed by atoms with Gasteiger partial charge in [-0.2, -0.15) is 0 Å². The topological polar surface area (TPSA) is 62.3 Å². The number of nitrogens with one attached hydrogen (secondary N) is 1.